The van der Waals surface area contributed by atoms with Crippen LogP contribution < -0.4 is 5.32 Å². The maximum Gasteiger partial charge on any atom is 0.306 e. The van der Waals surface area contributed by atoms with Gasteiger partial charge in [0.25, 0.3) is 5.89 Å². The maximum absolute atomic E-state index is 11.6. The van der Waals surface area contributed by atoms with Crippen LogP contribution in [0.25, 0.3) is 0 Å². The molecule has 1 aromatic rings. The van der Waals surface area contributed by atoms with Gasteiger partial charge in [-0.15, -0.1) is 0 Å². The van der Waals surface area contributed by atoms with E-state index in [-0.39, 0.29) is 22.6 Å². The van der Waals surface area contributed by atoms with Gasteiger partial charge in [0, 0.05) is 17.9 Å². The average Bonchev–Trinajstić information content (AvgIpc) is 2.59. The molecule has 0 fully saturated rings. The molecule has 1 N–H and O–H groups in total. The van der Waals surface area contributed by atoms with Crippen molar-refractivity contribution in [3.05, 3.63) is 17.3 Å². The molecule has 0 unspecified atom stereocenters. The number of hydrogen-bond acceptors (Lipinski definition) is 3. The molecule has 4 nitrogen and oxygen atoms in total. The Bertz CT molecular complexity index is 388. The van der Waals surface area contributed by atoms with Crippen molar-refractivity contribution in [2.24, 2.45) is 0 Å². The van der Waals surface area contributed by atoms with Crippen LogP contribution in [-0.2, 0) is 10.8 Å². The van der Waals surface area contributed by atoms with Gasteiger partial charge >= 0.3 is 5.91 Å². The predicted molar refractivity (Wildman–Crippen MR) is 67.3 cm³/mol. The van der Waals surface area contributed by atoms with Crippen LogP contribution in [0.2, 0.25) is 0 Å². The molecule has 0 aliphatic rings. The van der Waals surface area contributed by atoms with Crippen molar-refractivity contribution >= 4 is 5.91 Å². The van der Waals surface area contributed by atoms with Crippen LogP contribution in [0.15, 0.2) is 4.42 Å². The van der Waals surface area contributed by atoms with E-state index in [9.17, 15) is 4.79 Å². The van der Waals surface area contributed by atoms with Crippen LogP contribution in [0, 0.1) is 0 Å². The van der Waals surface area contributed by atoms with Gasteiger partial charge in [0.2, 0.25) is 0 Å². The van der Waals surface area contributed by atoms with Crippen LogP contribution in [0.1, 0.15) is 63.7 Å². The summed E-state index contributed by atoms with van der Waals surface area (Å²) in [7, 11) is 1.57. The molecule has 0 bridgehead atoms. The van der Waals surface area contributed by atoms with Crippen molar-refractivity contribution in [3.8, 4) is 0 Å². The molecule has 0 saturated heterocycles. The summed E-state index contributed by atoms with van der Waals surface area (Å²) in [5.41, 5.74) is 0.545. The Labute approximate surface area is 103 Å². The minimum atomic E-state index is -0.286. The fraction of sp³-hybridized carbons (Fsp3) is 0.692. The SMILES string of the molecule is CNC(=O)c1nc(C(C)(C)C)c(C(C)(C)C)o1. The highest BCUT2D eigenvalue weighted by molar-refractivity contribution is 5.89. The van der Waals surface area contributed by atoms with Gasteiger partial charge in [-0.05, 0) is 0 Å². The van der Waals surface area contributed by atoms with E-state index in [1.165, 1.54) is 0 Å². The molecule has 0 spiro atoms. The largest absolute Gasteiger partial charge is 0.437 e. The molecule has 0 aliphatic heterocycles. The van der Waals surface area contributed by atoms with Crippen molar-refractivity contribution in [2.75, 3.05) is 7.05 Å². The summed E-state index contributed by atoms with van der Waals surface area (Å²) >= 11 is 0. The molecule has 1 amide bonds. The maximum atomic E-state index is 11.6. The number of carbonyl (C=O) groups is 1. The van der Waals surface area contributed by atoms with Crippen molar-refractivity contribution < 1.29 is 9.21 Å². The quantitative estimate of drug-likeness (QED) is 0.818. The smallest absolute Gasteiger partial charge is 0.306 e. The van der Waals surface area contributed by atoms with Crippen LogP contribution in [0.3, 0.4) is 0 Å². The lowest BCUT2D eigenvalue weighted by Gasteiger charge is -2.22. The minimum absolute atomic E-state index is 0.140. The molecule has 96 valence electrons. The standard InChI is InChI=1S/C13H22N2O2/c1-12(2,3)8-9(13(4,5)6)17-11(15-8)10(16)14-7/h1-7H3,(H,14,16). The molecule has 0 aliphatic carbocycles. The molecular formula is C13H22N2O2. The van der Waals surface area contributed by atoms with E-state index < -0.39 is 0 Å². The Morgan fingerprint density at radius 1 is 1.12 bits per heavy atom. The zero-order chi connectivity index (χ0) is 13.4. The monoisotopic (exact) mass is 238 g/mol. The van der Waals surface area contributed by atoms with Gasteiger partial charge in [-0.25, -0.2) is 4.98 Å². The first-order valence-corrected chi connectivity index (χ1v) is 5.81. The van der Waals surface area contributed by atoms with E-state index in [1.807, 2.05) is 0 Å². The molecule has 0 saturated carbocycles. The summed E-state index contributed by atoms with van der Waals surface area (Å²) in [4.78, 5) is 15.9. The Morgan fingerprint density at radius 2 is 1.65 bits per heavy atom. The molecule has 17 heavy (non-hydrogen) atoms. The summed E-state index contributed by atoms with van der Waals surface area (Å²) in [6, 6.07) is 0. The Balaban J connectivity index is 3.38. The number of aromatic nitrogens is 1. The third kappa shape index (κ3) is 2.87. The van der Waals surface area contributed by atoms with Crippen molar-refractivity contribution in [3.63, 3.8) is 0 Å². The number of amides is 1. The Kier molecular flexibility index (Phi) is 3.37. The van der Waals surface area contributed by atoms with Gasteiger partial charge in [-0.3, -0.25) is 4.79 Å². The van der Waals surface area contributed by atoms with E-state index in [4.69, 9.17) is 4.42 Å². The van der Waals surface area contributed by atoms with E-state index in [2.05, 4.69) is 51.8 Å². The normalized spacial score (nSPS) is 12.6. The zero-order valence-electron chi connectivity index (χ0n) is 11.8. The number of nitrogens with zero attached hydrogens (tertiary/aromatic N) is 1. The van der Waals surface area contributed by atoms with Gasteiger partial charge in [-0.1, -0.05) is 41.5 Å². The highest BCUT2D eigenvalue weighted by Crippen LogP contribution is 2.33. The fourth-order valence-electron chi connectivity index (χ4n) is 1.54. The van der Waals surface area contributed by atoms with Crippen LogP contribution >= 0.6 is 0 Å². The van der Waals surface area contributed by atoms with E-state index in [0.29, 0.717) is 0 Å². The van der Waals surface area contributed by atoms with Crippen LogP contribution in [-0.4, -0.2) is 17.9 Å². The van der Waals surface area contributed by atoms with Gasteiger partial charge < -0.3 is 9.73 Å². The first-order valence-electron chi connectivity index (χ1n) is 5.81. The van der Waals surface area contributed by atoms with E-state index in [0.717, 1.165) is 11.5 Å². The summed E-state index contributed by atoms with van der Waals surface area (Å²) in [5, 5.41) is 2.53. The molecule has 1 heterocycles. The Hall–Kier alpha value is -1.32. The van der Waals surface area contributed by atoms with Gasteiger partial charge in [-0.2, -0.15) is 0 Å². The molecule has 0 aromatic carbocycles. The number of oxazole rings is 1. The second-order valence-electron chi connectivity index (χ2n) is 6.28. The third-order valence-electron chi connectivity index (χ3n) is 2.44. The number of rotatable bonds is 1. The lowest BCUT2D eigenvalue weighted by Crippen LogP contribution is -2.21. The van der Waals surface area contributed by atoms with E-state index in [1.54, 1.807) is 7.05 Å². The number of carbonyl (C=O) groups excluding carboxylic acids is 1. The topological polar surface area (TPSA) is 55.1 Å². The predicted octanol–water partition coefficient (Wildman–Crippen LogP) is 2.63. The summed E-state index contributed by atoms with van der Waals surface area (Å²) in [6.07, 6.45) is 0. The minimum Gasteiger partial charge on any atom is -0.437 e. The van der Waals surface area contributed by atoms with Crippen LogP contribution in [0.4, 0.5) is 0 Å². The molecule has 1 rings (SSSR count). The number of nitrogens with one attached hydrogen (secondary N) is 1. The fourth-order valence-corrected chi connectivity index (χ4v) is 1.54. The van der Waals surface area contributed by atoms with Crippen LogP contribution in [0.5, 0.6) is 0 Å². The highest BCUT2D eigenvalue weighted by atomic mass is 16.4. The molecular weight excluding hydrogens is 216 g/mol. The summed E-state index contributed by atoms with van der Waals surface area (Å²) < 4.78 is 5.64. The highest BCUT2D eigenvalue weighted by Gasteiger charge is 2.32. The lowest BCUT2D eigenvalue weighted by atomic mass is 9.83. The second-order valence-corrected chi connectivity index (χ2v) is 6.28. The molecule has 1 aromatic heterocycles. The second kappa shape index (κ2) is 4.17. The molecule has 0 radical (unpaired) electrons. The average molecular weight is 238 g/mol. The van der Waals surface area contributed by atoms with E-state index >= 15 is 0 Å². The summed E-state index contributed by atoms with van der Waals surface area (Å²) in [5.74, 6) is 0.636. The van der Waals surface area contributed by atoms with Crippen molar-refractivity contribution in [1.82, 2.24) is 10.3 Å². The van der Waals surface area contributed by atoms with Gasteiger partial charge in [0.05, 0.1) is 5.69 Å². The molecule has 4 heteroatoms. The Morgan fingerprint density at radius 3 is 1.94 bits per heavy atom. The first-order chi connectivity index (χ1) is 7.57. The molecule has 0 atom stereocenters. The zero-order valence-corrected chi connectivity index (χ0v) is 11.8. The van der Waals surface area contributed by atoms with Gasteiger partial charge in [0.15, 0.2) is 0 Å². The first kappa shape index (κ1) is 13.7. The van der Waals surface area contributed by atoms with Gasteiger partial charge in [0.1, 0.15) is 5.76 Å². The lowest BCUT2D eigenvalue weighted by molar-refractivity contribution is 0.0925. The summed E-state index contributed by atoms with van der Waals surface area (Å²) in [6.45, 7) is 12.3. The van der Waals surface area contributed by atoms with Crippen molar-refractivity contribution in [2.45, 2.75) is 52.4 Å². The number of hydrogen-bond donors (Lipinski definition) is 1. The van der Waals surface area contributed by atoms with Crippen molar-refractivity contribution in [1.29, 1.82) is 0 Å². The third-order valence-corrected chi connectivity index (χ3v) is 2.44.